The summed E-state index contributed by atoms with van der Waals surface area (Å²) in [7, 11) is 0. The third kappa shape index (κ3) is 9.47. The second-order valence-corrected chi connectivity index (χ2v) is 10.9. The number of carbonyl (C=O) groups excluding carboxylic acids is 2. The number of hydrogen-bond donors (Lipinski definition) is 1. The van der Waals surface area contributed by atoms with Crippen LogP contribution in [0.2, 0.25) is 0 Å². The van der Waals surface area contributed by atoms with Crippen molar-refractivity contribution in [2.75, 3.05) is 11.1 Å². The third-order valence-corrected chi connectivity index (χ3v) is 7.68. The summed E-state index contributed by atoms with van der Waals surface area (Å²) >= 11 is 2.86. The average Bonchev–Trinajstić information content (AvgIpc) is 3.41. The Kier molecular flexibility index (Phi) is 11.0. The Balaban J connectivity index is 1.08. The first-order chi connectivity index (χ1) is 18.7. The molecule has 7 heteroatoms. The number of para-hydroxylation sites is 1. The van der Waals surface area contributed by atoms with Gasteiger partial charge in [-0.25, -0.2) is 4.98 Å². The molecule has 3 aromatic carbocycles. The highest BCUT2D eigenvalue weighted by Gasteiger charge is 2.09. The van der Waals surface area contributed by atoms with E-state index in [9.17, 15) is 9.59 Å². The molecule has 0 bridgehead atoms. The maximum atomic E-state index is 12.3. The largest absolute Gasteiger partial charge is 0.457 e. The van der Waals surface area contributed by atoms with E-state index in [4.69, 9.17) is 4.74 Å². The van der Waals surface area contributed by atoms with Gasteiger partial charge in [-0.2, -0.15) is 0 Å². The van der Waals surface area contributed by atoms with Gasteiger partial charge in [-0.05, 0) is 61.2 Å². The van der Waals surface area contributed by atoms with Crippen LogP contribution in [0.1, 0.15) is 44.1 Å². The molecule has 0 unspecified atom stereocenters. The molecular formula is C31H32N2O3S2. The number of anilines is 1. The number of nitrogens with zero attached hydrogens (tertiary/aromatic N) is 1. The van der Waals surface area contributed by atoms with E-state index < -0.39 is 0 Å². The molecule has 1 N–H and O–H groups in total. The molecule has 38 heavy (non-hydrogen) atoms. The van der Waals surface area contributed by atoms with Crippen LogP contribution in [0.4, 0.5) is 5.13 Å². The first kappa shape index (κ1) is 27.6. The van der Waals surface area contributed by atoms with Crippen molar-refractivity contribution in [2.24, 2.45) is 0 Å². The zero-order chi connectivity index (χ0) is 26.4. The Hall–Kier alpha value is -3.42. The lowest BCUT2D eigenvalue weighted by Crippen LogP contribution is -2.10. The van der Waals surface area contributed by atoms with Crippen molar-refractivity contribution >= 4 is 39.3 Å². The van der Waals surface area contributed by atoms with Crippen molar-refractivity contribution in [3.63, 3.8) is 0 Å². The molecule has 1 heterocycles. The second kappa shape index (κ2) is 15.1. The van der Waals surface area contributed by atoms with Crippen molar-refractivity contribution in [3.8, 4) is 22.8 Å². The van der Waals surface area contributed by atoms with Gasteiger partial charge in [0.2, 0.25) is 5.91 Å². The van der Waals surface area contributed by atoms with Crippen LogP contribution in [0.15, 0.2) is 90.3 Å². The van der Waals surface area contributed by atoms with Crippen LogP contribution in [0, 0.1) is 0 Å². The number of carbonyl (C=O) groups is 2. The van der Waals surface area contributed by atoms with Gasteiger partial charge < -0.3 is 10.1 Å². The number of aryl methyl sites for hydroxylation is 1. The molecule has 4 rings (SSSR count). The van der Waals surface area contributed by atoms with Crippen LogP contribution in [-0.4, -0.2) is 21.8 Å². The number of thiazole rings is 1. The molecule has 0 aliphatic heterocycles. The number of hydrogen-bond acceptors (Lipinski definition) is 6. The molecule has 0 spiro atoms. The number of rotatable bonds is 14. The third-order valence-electron chi connectivity index (χ3n) is 5.90. The number of nitrogens with one attached hydrogen (secondary N) is 1. The Bertz CT molecular complexity index is 1280. The molecule has 0 radical (unpaired) electrons. The van der Waals surface area contributed by atoms with Crippen molar-refractivity contribution in [1.82, 2.24) is 4.98 Å². The van der Waals surface area contributed by atoms with Gasteiger partial charge in [0, 0.05) is 29.5 Å². The molecule has 0 saturated heterocycles. The summed E-state index contributed by atoms with van der Waals surface area (Å²) in [6, 6.07) is 27.5. The topological polar surface area (TPSA) is 68.3 Å². The molecule has 5 nitrogen and oxygen atoms in total. The minimum absolute atomic E-state index is 0.0111. The fraction of sp³-hybridized carbons (Fsp3) is 0.258. The van der Waals surface area contributed by atoms with E-state index in [1.54, 1.807) is 0 Å². The lowest BCUT2D eigenvalue weighted by atomic mass is 10.1. The molecule has 196 valence electrons. The molecule has 0 aliphatic rings. The molecule has 0 saturated carbocycles. The SMILES string of the molecule is O=C(CCCCCCSC(=O)CCc1ccccc1)Nc1nc(-c2ccc(Oc3ccccc3)cc2)cs1. The smallest absolute Gasteiger partial charge is 0.226 e. The van der Waals surface area contributed by atoms with Gasteiger partial charge in [-0.15, -0.1) is 11.3 Å². The molecule has 1 amide bonds. The zero-order valence-electron chi connectivity index (χ0n) is 21.3. The second-order valence-electron chi connectivity index (χ2n) is 8.90. The highest BCUT2D eigenvalue weighted by atomic mass is 32.2. The Morgan fingerprint density at radius 1 is 0.789 bits per heavy atom. The van der Waals surface area contributed by atoms with Gasteiger partial charge >= 0.3 is 0 Å². The quantitative estimate of drug-likeness (QED) is 0.161. The Morgan fingerprint density at radius 2 is 1.47 bits per heavy atom. The minimum Gasteiger partial charge on any atom is -0.457 e. The summed E-state index contributed by atoms with van der Waals surface area (Å²) in [6.07, 6.45) is 5.70. The predicted molar refractivity (Wildman–Crippen MR) is 158 cm³/mol. The fourth-order valence-corrected chi connectivity index (χ4v) is 5.41. The summed E-state index contributed by atoms with van der Waals surface area (Å²) in [5.41, 5.74) is 3.00. The van der Waals surface area contributed by atoms with E-state index >= 15 is 0 Å². The lowest BCUT2D eigenvalue weighted by Gasteiger charge is -2.06. The number of unbranched alkanes of at least 4 members (excludes halogenated alkanes) is 3. The van der Waals surface area contributed by atoms with E-state index in [0.717, 1.165) is 60.6 Å². The summed E-state index contributed by atoms with van der Waals surface area (Å²) in [5.74, 6) is 2.39. The number of aromatic nitrogens is 1. The van der Waals surface area contributed by atoms with Gasteiger partial charge in [0.25, 0.3) is 0 Å². The maximum absolute atomic E-state index is 12.3. The number of thioether (sulfide) groups is 1. The van der Waals surface area contributed by atoms with Gasteiger partial charge in [0.1, 0.15) is 11.5 Å². The Labute approximate surface area is 232 Å². The first-order valence-corrected chi connectivity index (χ1v) is 14.8. The summed E-state index contributed by atoms with van der Waals surface area (Å²) in [6.45, 7) is 0. The number of amides is 1. The summed E-state index contributed by atoms with van der Waals surface area (Å²) in [5, 5.41) is 5.73. The van der Waals surface area contributed by atoms with Crippen molar-refractivity contribution < 1.29 is 14.3 Å². The van der Waals surface area contributed by atoms with Gasteiger partial charge in [0.15, 0.2) is 10.2 Å². The van der Waals surface area contributed by atoms with Gasteiger partial charge in [-0.1, -0.05) is 73.1 Å². The number of ether oxygens (including phenoxy) is 1. The molecule has 0 aliphatic carbocycles. The first-order valence-electron chi connectivity index (χ1n) is 12.9. The molecule has 4 aromatic rings. The van der Waals surface area contributed by atoms with Crippen LogP contribution >= 0.6 is 23.1 Å². The highest BCUT2D eigenvalue weighted by Crippen LogP contribution is 2.28. The fourth-order valence-electron chi connectivity index (χ4n) is 3.85. The van der Waals surface area contributed by atoms with Crippen LogP contribution in [0.5, 0.6) is 11.5 Å². The van der Waals surface area contributed by atoms with Crippen LogP contribution in [0.3, 0.4) is 0 Å². The van der Waals surface area contributed by atoms with E-state index in [-0.39, 0.29) is 11.0 Å². The minimum atomic E-state index is -0.0111. The molecule has 1 aromatic heterocycles. The van der Waals surface area contributed by atoms with Gasteiger partial charge in [-0.3, -0.25) is 9.59 Å². The maximum Gasteiger partial charge on any atom is 0.226 e. The van der Waals surface area contributed by atoms with E-state index in [2.05, 4.69) is 22.4 Å². The van der Waals surface area contributed by atoms with Crippen LogP contribution in [0.25, 0.3) is 11.3 Å². The van der Waals surface area contributed by atoms with E-state index in [1.807, 2.05) is 78.2 Å². The van der Waals surface area contributed by atoms with Crippen LogP contribution < -0.4 is 10.1 Å². The monoisotopic (exact) mass is 544 g/mol. The standard InChI is InChI=1S/C31H32N2O3S2/c34-29(15-9-1-2-10-22-37-30(35)21-16-24-11-5-3-6-12-24)33-31-32-28(23-38-31)25-17-19-27(20-18-25)36-26-13-7-4-8-14-26/h3-8,11-14,17-20,23H,1-2,9-10,15-16,21-22H2,(H,32,33,34). The summed E-state index contributed by atoms with van der Waals surface area (Å²) < 4.78 is 5.84. The van der Waals surface area contributed by atoms with Crippen molar-refractivity contribution in [2.45, 2.75) is 44.9 Å². The average molecular weight is 545 g/mol. The zero-order valence-corrected chi connectivity index (χ0v) is 22.9. The number of benzene rings is 3. The van der Waals surface area contributed by atoms with E-state index in [0.29, 0.717) is 18.0 Å². The van der Waals surface area contributed by atoms with E-state index in [1.165, 1.54) is 28.7 Å². The Morgan fingerprint density at radius 3 is 2.24 bits per heavy atom. The van der Waals surface area contributed by atoms with Crippen molar-refractivity contribution in [3.05, 3.63) is 95.9 Å². The summed E-state index contributed by atoms with van der Waals surface area (Å²) in [4.78, 5) is 28.9. The molecule has 0 fully saturated rings. The normalized spacial score (nSPS) is 10.7. The molecule has 0 atom stereocenters. The lowest BCUT2D eigenvalue weighted by molar-refractivity contribution is -0.116. The van der Waals surface area contributed by atoms with Crippen molar-refractivity contribution in [1.29, 1.82) is 0 Å². The highest BCUT2D eigenvalue weighted by molar-refractivity contribution is 8.13. The van der Waals surface area contributed by atoms with Crippen LogP contribution in [-0.2, 0) is 16.0 Å². The molecular weight excluding hydrogens is 512 g/mol. The predicted octanol–water partition coefficient (Wildman–Crippen LogP) is 8.38. The van der Waals surface area contributed by atoms with Gasteiger partial charge in [0.05, 0.1) is 5.69 Å².